The molecule has 0 amide bonds. The number of benzene rings is 1. The van der Waals surface area contributed by atoms with E-state index in [4.69, 9.17) is 27.9 Å². The normalized spacial score (nSPS) is 15.8. The molecule has 2 rings (SSSR count). The van der Waals surface area contributed by atoms with Crippen LogP contribution in [0, 0.1) is 0 Å². The molecule has 1 aromatic rings. The Bertz CT molecular complexity index is 447. The van der Waals surface area contributed by atoms with E-state index in [-0.39, 0.29) is 0 Å². The maximum Gasteiger partial charge on any atom is 0.125 e. The van der Waals surface area contributed by atoms with Crippen LogP contribution in [0.5, 0.6) is 5.75 Å². The topological polar surface area (TPSA) is 21.3 Å². The molecule has 0 saturated heterocycles. The lowest BCUT2D eigenvalue weighted by Crippen LogP contribution is -2.15. The maximum atomic E-state index is 5.78. The van der Waals surface area contributed by atoms with Gasteiger partial charge in [-0.3, -0.25) is 0 Å². The molecule has 2 nitrogen and oxygen atoms in total. The van der Waals surface area contributed by atoms with Crippen LogP contribution in [0.3, 0.4) is 0 Å². The molecule has 0 aromatic heterocycles. The maximum absolute atomic E-state index is 5.78. The highest BCUT2D eigenvalue weighted by Gasteiger charge is 2.20. The van der Waals surface area contributed by atoms with E-state index in [1.807, 2.05) is 18.2 Å². The molecule has 18 heavy (non-hydrogen) atoms. The second-order valence-corrected chi connectivity index (χ2v) is 5.81. The molecule has 1 aliphatic rings. The van der Waals surface area contributed by atoms with E-state index in [0.717, 1.165) is 16.8 Å². The second-order valence-electron chi connectivity index (χ2n) is 4.25. The van der Waals surface area contributed by atoms with Crippen LogP contribution in [0.4, 0.5) is 0 Å². The average molecular weight is 351 g/mol. The van der Waals surface area contributed by atoms with Crippen LogP contribution in [0.2, 0.25) is 0 Å². The molecule has 0 heterocycles. The molecule has 1 fully saturated rings. The second kappa shape index (κ2) is 6.80. The molecule has 98 valence electrons. The molecule has 1 aromatic carbocycles. The number of nitrogens with one attached hydrogen (secondary N) is 1. The van der Waals surface area contributed by atoms with Gasteiger partial charge in [-0.1, -0.05) is 39.1 Å². The van der Waals surface area contributed by atoms with Crippen molar-refractivity contribution in [3.05, 3.63) is 38.8 Å². The summed E-state index contributed by atoms with van der Waals surface area (Å²) < 4.78 is 6.63. The lowest BCUT2D eigenvalue weighted by Gasteiger charge is -2.10. The molecule has 0 unspecified atom stereocenters. The van der Waals surface area contributed by atoms with Crippen LogP contribution in [0.15, 0.2) is 33.2 Å². The monoisotopic (exact) mass is 349 g/mol. The van der Waals surface area contributed by atoms with Crippen LogP contribution in [0.1, 0.15) is 18.4 Å². The summed E-state index contributed by atoms with van der Waals surface area (Å²) in [6, 6.07) is 6.59. The summed E-state index contributed by atoms with van der Waals surface area (Å²) in [5, 5.41) is 3.96. The zero-order chi connectivity index (χ0) is 13.0. The smallest absolute Gasteiger partial charge is 0.125 e. The highest BCUT2D eigenvalue weighted by molar-refractivity contribution is 9.10. The number of ether oxygens (including phenoxy) is 1. The standard InChI is InChI=1S/C13H14BrCl2NO/c14-13-4-3-12(18-8-10(16)6-15)5-9(13)7-17-11-1-2-11/h3-6,11,17H,1-2,7-8H2/b10-6+. The first-order valence-corrected chi connectivity index (χ1v) is 7.39. The zero-order valence-corrected chi connectivity index (χ0v) is 12.9. The third-order valence-electron chi connectivity index (χ3n) is 2.67. The first kappa shape index (κ1) is 14.2. The quantitative estimate of drug-likeness (QED) is 0.821. The van der Waals surface area contributed by atoms with Crippen molar-refractivity contribution in [1.29, 1.82) is 0 Å². The third kappa shape index (κ3) is 4.47. The molecule has 0 atom stereocenters. The molecule has 0 aliphatic heterocycles. The Morgan fingerprint density at radius 3 is 2.94 bits per heavy atom. The highest BCUT2D eigenvalue weighted by atomic mass is 79.9. The molecular weight excluding hydrogens is 337 g/mol. The van der Waals surface area contributed by atoms with Crippen LogP contribution in [-0.4, -0.2) is 12.6 Å². The predicted molar refractivity (Wildman–Crippen MR) is 79.3 cm³/mol. The summed E-state index contributed by atoms with van der Waals surface area (Å²) >= 11 is 14.8. The van der Waals surface area contributed by atoms with E-state index in [2.05, 4.69) is 21.2 Å². The van der Waals surface area contributed by atoms with Gasteiger partial charge in [-0.2, -0.15) is 0 Å². The van der Waals surface area contributed by atoms with E-state index >= 15 is 0 Å². The molecule has 0 bridgehead atoms. The van der Waals surface area contributed by atoms with Gasteiger partial charge in [0.1, 0.15) is 12.4 Å². The van der Waals surface area contributed by atoms with Gasteiger partial charge in [-0.25, -0.2) is 0 Å². The average Bonchev–Trinajstić information content (AvgIpc) is 3.19. The molecular formula is C13H14BrCl2NO. The lowest BCUT2D eigenvalue weighted by molar-refractivity contribution is 0.358. The lowest BCUT2D eigenvalue weighted by atomic mass is 10.2. The Morgan fingerprint density at radius 2 is 2.28 bits per heavy atom. The van der Waals surface area contributed by atoms with Gasteiger partial charge in [-0.05, 0) is 36.6 Å². The van der Waals surface area contributed by atoms with E-state index < -0.39 is 0 Å². The Morgan fingerprint density at radius 1 is 1.50 bits per heavy atom. The van der Waals surface area contributed by atoms with Crippen molar-refractivity contribution in [2.45, 2.75) is 25.4 Å². The Balaban J connectivity index is 1.95. The predicted octanol–water partition coefficient (Wildman–Crippen LogP) is 4.40. The number of hydrogen-bond acceptors (Lipinski definition) is 2. The van der Waals surface area contributed by atoms with E-state index in [9.17, 15) is 0 Å². The first-order valence-electron chi connectivity index (χ1n) is 5.78. The van der Waals surface area contributed by atoms with Crippen molar-refractivity contribution in [1.82, 2.24) is 5.32 Å². The minimum Gasteiger partial charge on any atom is -0.488 e. The molecule has 1 N–H and O–H groups in total. The zero-order valence-electron chi connectivity index (χ0n) is 9.76. The minimum absolute atomic E-state index is 0.294. The van der Waals surface area contributed by atoms with Crippen LogP contribution in [-0.2, 0) is 6.54 Å². The van der Waals surface area contributed by atoms with Gasteiger partial charge in [-0.15, -0.1) is 0 Å². The minimum atomic E-state index is 0.294. The van der Waals surface area contributed by atoms with Crippen molar-refractivity contribution >= 4 is 39.1 Å². The fourth-order valence-corrected chi connectivity index (χ4v) is 2.01. The van der Waals surface area contributed by atoms with Gasteiger partial charge in [0.15, 0.2) is 0 Å². The van der Waals surface area contributed by atoms with Crippen LogP contribution in [0.25, 0.3) is 0 Å². The summed E-state index contributed by atoms with van der Waals surface area (Å²) in [5.41, 5.74) is 2.50. The van der Waals surface area contributed by atoms with Gasteiger partial charge in [0, 0.05) is 22.6 Å². The Hall–Kier alpha value is -0.220. The van der Waals surface area contributed by atoms with Gasteiger partial charge in [0.2, 0.25) is 0 Å². The fourth-order valence-electron chi connectivity index (χ4n) is 1.50. The molecule has 1 aliphatic carbocycles. The van der Waals surface area contributed by atoms with Crippen molar-refractivity contribution in [2.75, 3.05) is 6.61 Å². The number of hydrogen-bond donors (Lipinski definition) is 1. The summed E-state index contributed by atoms with van der Waals surface area (Å²) in [4.78, 5) is 0. The third-order valence-corrected chi connectivity index (χ3v) is 4.04. The molecule has 5 heteroatoms. The van der Waals surface area contributed by atoms with Crippen molar-refractivity contribution in [3.8, 4) is 5.75 Å². The van der Waals surface area contributed by atoms with E-state index in [0.29, 0.717) is 17.7 Å². The Kier molecular flexibility index (Phi) is 5.37. The SMILES string of the molecule is Cl/C=C(/Cl)COc1ccc(Br)c(CNC2CC2)c1. The van der Waals surface area contributed by atoms with Crippen molar-refractivity contribution in [2.24, 2.45) is 0 Å². The van der Waals surface area contributed by atoms with Gasteiger partial charge >= 0.3 is 0 Å². The molecule has 0 radical (unpaired) electrons. The van der Waals surface area contributed by atoms with E-state index in [1.54, 1.807) is 0 Å². The van der Waals surface area contributed by atoms with Crippen molar-refractivity contribution in [3.63, 3.8) is 0 Å². The summed E-state index contributed by atoms with van der Waals surface area (Å²) in [6.45, 7) is 1.14. The summed E-state index contributed by atoms with van der Waals surface area (Å²) in [5.74, 6) is 0.794. The highest BCUT2D eigenvalue weighted by Crippen LogP contribution is 2.25. The molecule has 0 spiro atoms. The fraction of sp³-hybridized carbons (Fsp3) is 0.385. The first-order chi connectivity index (χ1) is 8.69. The summed E-state index contributed by atoms with van der Waals surface area (Å²) in [6.07, 6.45) is 2.56. The van der Waals surface area contributed by atoms with Crippen LogP contribution >= 0.6 is 39.1 Å². The number of rotatable bonds is 6. The molecule has 1 saturated carbocycles. The van der Waals surface area contributed by atoms with Crippen molar-refractivity contribution < 1.29 is 4.74 Å². The Labute approximate surface area is 125 Å². The van der Waals surface area contributed by atoms with E-state index in [1.165, 1.54) is 23.9 Å². The van der Waals surface area contributed by atoms with Gasteiger partial charge in [0.25, 0.3) is 0 Å². The van der Waals surface area contributed by atoms with Gasteiger partial charge in [0.05, 0.1) is 5.03 Å². The summed E-state index contributed by atoms with van der Waals surface area (Å²) in [7, 11) is 0. The van der Waals surface area contributed by atoms with Crippen LogP contribution < -0.4 is 10.1 Å². The largest absolute Gasteiger partial charge is 0.488 e. The number of halogens is 3. The van der Waals surface area contributed by atoms with Gasteiger partial charge < -0.3 is 10.1 Å².